The highest BCUT2D eigenvalue weighted by molar-refractivity contribution is 8.23. The van der Waals surface area contributed by atoms with Gasteiger partial charge in [-0.3, -0.25) is 0 Å². The van der Waals surface area contributed by atoms with Crippen molar-refractivity contribution in [3.05, 3.63) is 5.08 Å². The molecule has 1 heterocycles. The molecule has 1 saturated heterocycles. The molecule has 6 heteroatoms. The molecular formula is C7H13O4S2. The quantitative estimate of drug-likeness (QED) is 0.493. The van der Waals surface area contributed by atoms with Gasteiger partial charge in [-0.15, -0.1) is 23.5 Å². The summed E-state index contributed by atoms with van der Waals surface area (Å²) in [7, 11) is 0. The van der Waals surface area contributed by atoms with E-state index in [2.05, 4.69) is 0 Å². The maximum absolute atomic E-state index is 9.38. The first-order valence-corrected chi connectivity index (χ1v) is 5.79. The van der Waals surface area contributed by atoms with Gasteiger partial charge in [0.15, 0.2) is 0 Å². The maximum atomic E-state index is 9.38. The second kappa shape index (κ2) is 5.43. The van der Waals surface area contributed by atoms with Crippen LogP contribution < -0.4 is 0 Å². The van der Waals surface area contributed by atoms with Crippen molar-refractivity contribution in [1.29, 1.82) is 0 Å². The van der Waals surface area contributed by atoms with Crippen molar-refractivity contribution in [2.45, 2.75) is 22.7 Å². The SMILES string of the molecule is OCC(O)C1S[CH]SC1C(O)CO. The second-order valence-electron chi connectivity index (χ2n) is 2.80. The molecule has 0 aromatic heterocycles. The molecule has 0 saturated carbocycles. The van der Waals surface area contributed by atoms with Crippen molar-refractivity contribution in [2.24, 2.45) is 0 Å². The van der Waals surface area contributed by atoms with Gasteiger partial charge in [-0.05, 0) is 0 Å². The zero-order chi connectivity index (χ0) is 9.84. The fourth-order valence-electron chi connectivity index (χ4n) is 1.14. The molecule has 13 heavy (non-hydrogen) atoms. The van der Waals surface area contributed by atoms with Gasteiger partial charge in [0.05, 0.1) is 30.5 Å². The molecule has 4 atom stereocenters. The Kier molecular flexibility index (Phi) is 4.85. The van der Waals surface area contributed by atoms with E-state index < -0.39 is 12.2 Å². The van der Waals surface area contributed by atoms with Crippen LogP contribution in [-0.2, 0) is 0 Å². The predicted molar refractivity (Wildman–Crippen MR) is 53.2 cm³/mol. The lowest BCUT2D eigenvalue weighted by atomic mass is 10.1. The molecule has 0 bridgehead atoms. The molecule has 1 rings (SSSR count). The molecule has 0 amide bonds. The minimum Gasteiger partial charge on any atom is -0.394 e. The molecule has 1 radical (unpaired) electrons. The highest BCUT2D eigenvalue weighted by atomic mass is 32.2. The molecule has 1 fully saturated rings. The van der Waals surface area contributed by atoms with Crippen LogP contribution in [0.1, 0.15) is 0 Å². The fourth-order valence-corrected chi connectivity index (χ4v) is 4.02. The largest absolute Gasteiger partial charge is 0.394 e. The monoisotopic (exact) mass is 225 g/mol. The van der Waals surface area contributed by atoms with E-state index >= 15 is 0 Å². The predicted octanol–water partition coefficient (Wildman–Crippen LogP) is -0.971. The Morgan fingerprint density at radius 2 is 1.38 bits per heavy atom. The van der Waals surface area contributed by atoms with Gasteiger partial charge >= 0.3 is 0 Å². The minimum absolute atomic E-state index is 0.239. The molecule has 4 N–H and O–H groups in total. The molecule has 4 nitrogen and oxygen atoms in total. The Morgan fingerprint density at radius 3 is 1.69 bits per heavy atom. The Morgan fingerprint density at radius 1 is 1.00 bits per heavy atom. The van der Waals surface area contributed by atoms with Crippen LogP contribution in [0.3, 0.4) is 0 Å². The molecule has 4 unspecified atom stereocenters. The molecule has 1 aliphatic heterocycles. The van der Waals surface area contributed by atoms with Gasteiger partial charge in [0.2, 0.25) is 0 Å². The average molecular weight is 225 g/mol. The standard InChI is InChI=1S/C7H13O4S2/c8-1-4(10)6-7(5(11)2-9)13-3-12-6/h3-11H,1-2H2. The molecule has 0 aromatic carbocycles. The Hall–Kier alpha value is 0.540. The zero-order valence-corrected chi connectivity index (χ0v) is 8.54. The summed E-state index contributed by atoms with van der Waals surface area (Å²) in [6, 6.07) is 0. The number of hydrogen-bond acceptors (Lipinski definition) is 6. The summed E-state index contributed by atoms with van der Waals surface area (Å²) in [6.45, 7) is -0.637. The van der Waals surface area contributed by atoms with Gasteiger partial charge < -0.3 is 20.4 Å². The molecular weight excluding hydrogens is 212 g/mol. The van der Waals surface area contributed by atoms with E-state index in [9.17, 15) is 10.2 Å². The fraction of sp³-hybridized carbons (Fsp3) is 0.857. The molecule has 77 valence electrons. The summed E-state index contributed by atoms with van der Waals surface area (Å²) in [6.07, 6.45) is -1.69. The smallest absolute Gasteiger partial charge is 0.0901 e. The van der Waals surface area contributed by atoms with E-state index in [1.807, 2.05) is 5.08 Å². The third-order valence-electron chi connectivity index (χ3n) is 1.88. The van der Waals surface area contributed by atoms with Gasteiger partial charge in [0.1, 0.15) is 0 Å². The maximum Gasteiger partial charge on any atom is 0.0901 e. The zero-order valence-electron chi connectivity index (χ0n) is 6.91. The van der Waals surface area contributed by atoms with Crippen molar-refractivity contribution in [3.8, 4) is 0 Å². The van der Waals surface area contributed by atoms with Gasteiger partial charge in [-0.1, -0.05) is 0 Å². The summed E-state index contributed by atoms with van der Waals surface area (Å²) in [5.41, 5.74) is 0. The normalized spacial score (nSPS) is 33.2. The summed E-state index contributed by atoms with van der Waals surface area (Å²) in [4.78, 5) is 0. The van der Waals surface area contributed by atoms with Crippen LogP contribution in [-0.4, -0.2) is 56.3 Å². The Bertz CT molecular complexity index is 141. The number of hydrogen-bond donors (Lipinski definition) is 4. The Labute approximate surface area is 85.3 Å². The van der Waals surface area contributed by atoms with Gasteiger partial charge in [-0.2, -0.15) is 0 Å². The molecule has 1 aliphatic rings. The van der Waals surface area contributed by atoms with Gasteiger partial charge in [0.25, 0.3) is 0 Å². The van der Waals surface area contributed by atoms with E-state index in [1.54, 1.807) is 0 Å². The number of rotatable bonds is 4. The van der Waals surface area contributed by atoms with Gasteiger partial charge in [-0.25, -0.2) is 0 Å². The second-order valence-corrected chi connectivity index (χ2v) is 5.20. The molecule has 0 aromatic rings. The van der Waals surface area contributed by atoms with Crippen LogP contribution in [0.25, 0.3) is 0 Å². The van der Waals surface area contributed by atoms with E-state index in [0.29, 0.717) is 0 Å². The summed E-state index contributed by atoms with van der Waals surface area (Å²) in [5.74, 6) is 0. The number of aliphatic hydroxyl groups is 4. The highest BCUT2D eigenvalue weighted by Gasteiger charge is 2.38. The average Bonchev–Trinajstić information content (AvgIpc) is 2.63. The lowest BCUT2D eigenvalue weighted by molar-refractivity contribution is 0.0582. The van der Waals surface area contributed by atoms with Crippen molar-refractivity contribution in [2.75, 3.05) is 13.2 Å². The van der Waals surface area contributed by atoms with Crippen LogP contribution in [0.15, 0.2) is 0 Å². The molecule has 0 spiro atoms. The summed E-state index contributed by atoms with van der Waals surface area (Å²) in [5, 5.41) is 37.6. The molecule has 0 aliphatic carbocycles. The third kappa shape index (κ3) is 2.74. The lowest BCUT2D eigenvalue weighted by Crippen LogP contribution is -2.40. The minimum atomic E-state index is -0.845. The first-order chi connectivity index (χ1) is 6.20. The Balaban J connectivity index is 2.52. The van der Waals surface area contributed by atoms with Gasteiger partial charge in [0, 0.05) is 10.5 Å². The van der Waals surface area contributed by atoms with Crippen molar-refractivity contribution < 1.29 is 20.4 Å². The van der Waals surface area contributed by atoms with E-state index in [4.69, 9.17) is 10.2 Å². The number of aliphatic hydroxyl groups excluding tert-OH is 4. The van der Waals surface area contributed by atoms with E-state index in [-0.39, 0.29) is 23.7 Å². The van der Waals surface area contributed by atoms with Crippen LogP contribution in [0.2, 0.25) is 0 Å². The first-order valence-electron chi connectivity index (χ1n) is 3.91. The van der Waals surface area contributed by atoms with Crippen molar-refractivity contribution >= 4 is 23.5 Å². The first kappa shape index (κ1) is 11.6. The lowest BCUT2D eigenvalue weighted by Gasteiger charge is -2.24. The van der Waals surface area contributed by atoms with Crippen molar-refractivity contribution in [3.63, 3.8) is 0 Å². The summed E-state index contributed by atoms with van der Waals surface area (Å²) < 4.78 is 0. The number of thioether (sulfide) groups is 2. The van der Waals surface area contributed by atoms with Crippen molar-refractivity contribution in [1.82, 2.24) is 0 Å². The van der Waals surface area contributed by atoms with Crippen LogP contribution in [0.4, 0.5) is 0 Å². The van der Waals surface area contributed by atoms with E-state index in [1.165, 1.54) is 23.5 Å². The highest BCUT2D eigenvalue weighted by Crippen LogP contribution is 2.43. The van der Waals surface area contributed by atoms with Crippen LogP contribution in [0.5, 0.6) is 0 Å². The third-order valence-corrected chi connectivity index (χ3v) is 4.79. The van der Waals surface area contributed by atoms with Crippen LogP contribution >= 0.6 is 23.5 Å². The van der Waals surface area contributed by atoms with Crippen LogP contribution in [0, 0.1) is 5.08 Å². The topological polar surface area (TPSA) is 80.9 Å². The summed E-state index contributed by atoms with van der Waals surface area (Å²) >= 11 is 2.77. The van der Waals surface area contributed by atoms with E-state index in [0.717, 1.165) is 0 Å².